The molecule has 0 fully saturated rings. The van der Waals surface area contributed by atoms with Gasteiger partial charge in [-0.05, 0) is 37.5 Å². The molecule has 2 unspecified atom stereocenters. The molecule has 3 N–H and O–H groups in total. The minimum Gasteiger partial charge on any atom is -0.462 e. The summed E-state index contributed by atoms with van der Waals surface area (Å²) in [6.45, 7) is 9.63. The number of hydrogen-bond acceptors (Lipinski definition) is 15. The van der Waals surface area contributed by atoms with E-state index in [4.69, 9.17) is 37.0 Å². The molecule has 96 heavy (non-hydrogen) atoms. The van der Waals surface area contributed by atoms with Gasteiger partial charge in [0.2, 0.25) is 0 Å². The van der Waals surface area contributed by atoms with Crippen molar-refractivity contribution < 1.29 is 80.2 Å². The molecule has 0 bridgehead atoms. The Labute approximate surface area is 588 Å². The van der Waals surface area contributed by atoms with E-state index < -0.39 is 97.5 Å². The molecule has 570 valence electrons. The first-order valence-corrected chi connectivity index (χ1v) is 43.0. The van der Waals surface area contributed by atoms with E-state index in [-0.39, 0.29) is 25.7 Å². The van der Waals surface area contributed by atoms with Gasteiger partial charge in [0.05, 0.1) is 26.4 Å². The Morgan fingerprint density at radius 2 is 0.479 bits per heavy atom. The Balaban J connectivity index is 5.18. The van der Waals surface area contributed by atoms with Crippen LogP contribution in [0.4, 0.5) is 0 Å². The topological polar surface area (TPSA) is 237 Å². The first-order valence-electron chi connectivity index (χ1n) is 40.0. The predicted molar refractivity (Wildman–Crippen MR) is 391 cm³/mol. The maximum atomic E-state index is 13.1. The molecule has 5 atom stereocenters. The molecule has 0 saturated heterocycles. The van der Waals surface area contributed by atoms with Gasteiger partial charge in [-0.2, -0.15) is 0 Å². The van der Waals surface area contributed by atoms with Crippen molar-refractivity contribution in [3.8, 4) is 0 Å². The molecule has 19 heteroatoms. The highest BCUT2D eigenvalue weighted by molar-refractivity contribution is 7.47. The van der Waals surface area contributed by atoms with Crippen LogP contribution in [0.3, 0.4) is 0 Å². The van der Waals surface area contributed by atoms with Gasteiger partial charge in [-0.15, -0.1) is 0 Å². The molecule has 0 aliphatic carbocycles. The minimum absolute atomic E-state index is 0.107. The molecule has 17 nitrogen and oxygen atoms in total. The van der Waals surface area contributed by atoms with Crippen LogP contribution in [0.25, 0.3) is 0 Å². The standard InChI is InChI=1S/C77H150O17P2/c1-7-9-11-13-15-17-29-37-43-49-55-61-76(81)93-72(65-87-74(79)59-53-47-41-16-14-12-10-8-2)67-91-95(83,84)89-63-71(78)64-90-96(85,86)92-68-73(66-88-75(80)60-54-48-42-36-32-28-24-26-31-35-40-46-52-58-70(5)6)94-77(82)62-56-50-44-38-33-27-23-21-19-18-20-22-25-30-34-39-45-51-57-69(3)4/h69-73,78H,7-68H2,1-6H3,(H,83,84)(H,85,86)/t71-,72+,73+/m0/s1. The second-order valence-corrected chi connectivity index (χ2v) is 31.6. The molecule has 0 radical (unpaired) electrons. The van der Waals surface area contributed by atoms with Gasteiger partial charge in [0.25, 0.3) is 0 Å². The lowest BCUT2D eigenvalue weighted by atomic mass is 10.0. The maximum absolute atomic E-state index is 13.1. The van der Waals surface area contributed by atoms with Gasteiger partial charge in [-0.1, -0.05) is 350 Å². The number of carbonyl (C=O) groups is 4. The number of carbonyl (C=O) groups excluding carboxylic acids is 4. The Hall–Kier alpha value is -1.94. The molecule has 0 aromatic rings. The average Bonchev–Trinajstić information content (AvgIpc) is 1.70. The van der Waals surface area contributed by atoms with Gasteiger partial charge in [-0.3, -0.25) is 37.3 Å². The van der Waals surface area contributed by atoms with E-state index in [1.807, 2.05) is 0 Å². The zero-order valence-corrected chi connectivity index (χ0v) is 64.5. The van der Waals surface area contributed by atoms with Gasteiger partial charge in [0.1, 0.15) is 19.3 Å². The predicted octanol–water partition coefficient (Wildman–Crippen LogP) is 22.7. The quantitative estimate of drug-likeness (QED) is 0.0222. The molecule has 0 spiro atoms. The van der Waals surface area contributed by atoms with Crippen molar-refractivity contribution in [3.63, 3.8) is 0 Å². The van der Waals surface area contributed by atoms with Crippen molar-refractivity contribution in [2.45, 2.75) is 419 Å². The molecule has 0 aliphatic heterocycles. The number of hydrogen-bond donors (Lipinski definition) is 3. The van der Waals surface area contributed by atoms with Gasteiger partial charge < -0.3 is 33.8 Å². The number of aliphatic hydroxyl groups excluding tert-OH is 1. The molecule has 0 amide bonds. The SMILES string of the molecule is CCCCCCCCCCCCCC(=O)O[C@H](COC(=O)CCCCCCCCCC)COP(=O)(O)OC[C@H](O)COP(=O)(O)OC[C@@H](COC(=O)CCCCCCCCCCCCCCCC(C)C)OC(=O)CCCCCCCCCCCCCCCCCCCCC(C)C. The molecule has 0 aromatic carbocycles. The van der Waals surface area contributed by atoms with Crippen LogP contribution in [0.2, 0.25) is 0 Å². The summed E-state index contributed by atoms with van der Waals surface area (Å²) in [5, 5.41) is 10.6. The summed E-state index contributed by atoms with van der Waals surface area (Å²) < 4.78 is 68.5. The first-order chi connectivity index (χ1) is 46.4. The van der Waals surface area contributed by atoms with Crippen LogP contribution in [0, 0.1) is 11.8 Å². The summed E-state index contributed by atoms with van der Waals surface area (Å²) in [4.78, 5) is 72.7. The third-order valence-electron chi connectivity index (χ3n) is 18.0. The van der Waals surface area contributed by atoms with E-state index in [2.05, 4.69) is 41.5 Å². The fourth-order valence-electron chi connectivity index (χ4n) is 11.8. The first kappa shape index (κ1) is 94.1. The summed E-state index contributed by atoms with van der Waals surface area (Å²) in [5.74, 6) is -0.505. The molecule has 0 saturated carbocycles. The van der Waals surface area contributed by atoms with Crippen LogP contribution in [0.1, 0.15) is 401 Å². The molecular weight excluding hydrogens is 1260 g/mol. The zero-order valence-electron chi connectivity index (χ0n) is 62.7. The highest BCUT2D eigenvalue weighted by Crippen LogP contribution is 2.45. The van der Waals surface area contributed by atoms with Crippen LogP contribution in [-0.2, 0) is 65.4 Å². The van der Waals surface area contributed by atoms with Gasteiger partial charge in [-0.25, -0.2) is 9.13 Å². The molecule has 0 heterocycles. The number of phosphoric acid groups is 2. The second kappa shape index (κ2) is 68.8. The lowest BCUT2D eigenvalue weighted by Crippen LogP contribution is -2.30. The van der Waals surface area contributed by atoms with Crippen LogP contribution >= 0.6 is 15.6 Å². The number of aliphatic hydroxyl groups is 1. The highest BCUT2D eigenvalue weighted by Gasteiger charge is 2.30. The van der Waals surface area contributed by atoms with E-state index in [1.165, 1.54) is 212 Å². The molecule has 0 aromatic heterocycles. The van der Waals surface area contributed by atoms with E-state index in [0.717, 1.165) is 108 Å². The molecule has 0 aliphatic rings. The van der Waals surface area contributed by atoms with Gasteiger partial charge in [0, 0.05) is 25.7 Å². The summed E-state index contributed by atoms with van der Waals surface area (Å²) >= 11 is 0. The van der Waals surface area contributed by atoms with Crippen molar-refractivity contribution in [2.75, 3.05) is 39.6 Å². The van der Waals surface area contributed by atoms with Crippen molar-refractivity contribution >= 4 is 39.5 Å². The third kappa shape index (κ3) is 70.5. The highest BCUT2D eigenvalue weighted by atomic mass is 31.2. The van der Waals surface area contributed by atoms with E-state index in [0.29, 0.717) is 25.7 Å². The summed E-state index contributed by atoms with van der Waals surface area (Å²) in [6, 6.07) is 0. The lowest BCUT2D eigenvalue weighted by Gasteiger charge is -2.21. The monoisotopic (exact) mass is 1410 g/mol. The van der Waals surface area contributed by atoms with Crippen LogP contribution in [0.15, 0.2) is 0 Å². The summed E-state index contributed by atoms with van der Waals surface area (Å²) in [5.41, 5.74) is 0. The Morgan fingerprint density at radius 3 is 0.708 bits per heavy atom. The summed E-state index contributed by atoms with van der Waals surface area (Å²) in [7, 11) is -9.91. The van der Waals surface area contributed by atoms with Crippen LogP contribution < -0.4 is 0 Å². The largest absolute Gasteiger partial charge is 0.472 e. The smallest absolute Gasteiger partial charge is 0.462 e. The lowest BCUT2D eigenvalue weighted by molar-refractivity contribution is -0.161. The normalized spacial score (nSPS) is 14.0. The summed E-state index contributed by atoms with van der Waals surface area (Å²) in [6.07, 6.45) is 57.0. The third-order valence-corrected chi connectivity index (χ3v) is 19.9. The van der Waals surface area contributed by atoms with Crippen molar-refractivity contribution in [3.05, 3.63) is 0 Å². The fourth-order valence-corrected chi connectivity index (χ4v) is 13.4. The van der Waals surface area contributed by atoms with E-state index in [1.54, 1.807) is 0 Å². The maximum Gasteiger partial charge on any atom is 0.472 e. The van der Waals surface area contributed by atoms with Crippen molar-refractivity contribution in [2.24, 2.45) is 11.8 Å². The number of rotatable bonds is 76. The number of ether oxygens (including phenoxy) is 4. The number of unbranched alkanes of at least 4 members (excludes halogenated alkanes) is 46. The fraction of sp³-hybridized carbons (Fsp3) is 0.948. The van der Waals surface area contributed by atoms with Gasteiger partial charge >= 0.3 is 39.5 Å². The zero-order chi connectivity index (χ0) is 70.7. The Bertz CT molecular complexity index is 1860. The van der Waals surface area contributed by atoms with Crippen LogP contribution in [0.5, 0.6) is 0 Å². The molecular formula is C77H150O17P2. The van der Waals surface area contributed by atoms with Crippen molar-refractivity contribution in [1.82, 2.24) is 0 Å². The van der Waals surface area contributed by atoms with E-state index in [9.17, 15) is 43.2 Å². The molecule has 0 rings (SSSR count). The Kier molecular flexibility index (Phi) is 67.4. The van der Waals surface area contributed by atoms with E-state index >= 15 is 0 Å². The van der Waals surface area contributed by atoms with Crippen molar-refractivity contribution in [1.29, 1.82) is 0 Å². The Morgan fingerprint density at radius 1 is 0.281 bits per heavy atom. The van der Waals surface area contributed by atoms with Gasteiger partial charge in [0.15, 0.2) is 12.2 Å². The minimum atomic E-state index is -4.96. The van der Waals surface area contributed by atoms with Crippen LogP contribution in [-0.4, -0.2) is 96.7 Å². The number of esters is 4. The number of phosphoric ester groups is 2. The second-order valence-electron chi connectivity index (χ2n) is 28.7. The average molecular weight is 1410 g/mol.